The Morgan fingerprint density at radius 2 is 1.03 bits per heavy atom. The molecule has 0 saturated carbocycles. The van der Waals surface area contributed by atoms with Gasteiger partial charge in [0.05, 0.1) is 0 Å². The summed E-state index contributed by atoms with van der Waals surface area (Å²) in [4.78, 5) is -1.95. The van der Waals surface area contributed by atoms with Crippen LogP contribution in [-0.2, 0) is 23.1 Å². The van der Waals surface area contributed by atoms with Crippen molar-refractivity contribution >= 4 is 10.0 Å². The van der Waals surface area contributed by atoms with Gasteiger partial charge in [-0.2, -0.15) is 4.31 Å². The summed E-state index contributed by atoms with van der Waals surface area (Å²) in [6.07, 6.45) is 0. The molecule has 0 aliphatic carbocycles. The van der Waals surface area contributed by atoms with Crippen LogP contribution in [0.2, 0.25) is 0 Å². The highest BCUT2D eigenvalue weighted by Crippen LogP contribution is 2.30. The van der Waals surface area contributed by atoms with Crippen molar-refractivity contribution < 1.29 is 34.8 Å². The Balaban J connectivity index is 2.13. The summed E-state index contributed by atoms with van der Waals surface area (Å²) >= 11 is 0. The summed E-state index contributed by atoms with van der Waals surface area (Å²) in [6.45, 7) is -0.933. The highest BCUT2D eigenvalue weighted by Gasteiger charge is 2.37. The summed E-state index contributed by atoms with van der Waals surface area (Å²) in [5.41, 5.74) is 0.631. The van der Waals surface area contributed by atoms with Crippen LogP contribution in [0.15, 0.2) is 59.5 Å². The maximum atomic E-state index is 14.2. The molecule has 3 aromatic rings. The molecule has 10 heteroatoms. The Morgan fingerprint density at radius 1 is 0.600 bits per heavy atom. The summed E-state index contributed by atoms with van der Waals surface area (Å²) < 4.78 is 109. The van der Waals surface area contributed by atoms with Gasteiger partial charge < -0.3 is 0 Å². The number of rotatable bonds is 6. The van der Waals surface area contributed by atoms with Crippen LogP contribution in [0.4, 0.5) is 26.3 Å². The van der Waals surface area contributed by atoms with Crippen LogP contribution in [0.25, 0.3) is 0 Å². The zero-order chi connectivity index (χ0) is 22.1. The molecule has 0 amide bonds. The molecule has 3 nitrogen and oxygen atoms in total. The van der Waals surface area contributed by atoms with Crippen LogP contribution in [0.1, 0.15) is 11.1 Å². The van der Waals surface area contributed by atoms with Crippen LogP contribution in [-0.4, -0.2) is 12.7 Å². The normalized spacial score (nSPS) is 11.8. The minimum atomic E-state index is -5.19. The van der Waals surface area contributed by atoms with E-state index in [0.29, 0.717) is 9.87 Å². The Hall–Kier alpha value is -2.85. The summed E-state index contributed by atoms with van der Waals surface area (Å²) in [5, 5.41) is 0. The lowest BCUT2D eigenvalue weighted by atomic mass is 10.2. The van der Waals surface area contributed by atoms with Crippen LogP contribution in [0.5, 0.6) is 0 Å². The Morgan fingerprint density at radius 3 is 1.53 bits per heavy atom. The molecule has 158 valence electrons. The molecule has 30 heavy (non-hydrogen) atoms. The van der Waals surface area contributed by atoms with E-state index in [1.165, 1.54) is 24.3 Å². The fourth-order valence-electron chi connectivity index (χ4n) is 2.75. The highest BCUT2D eigenvalue weighted by molar-refractivity contribution is 7.89. The molecular formula is C20H13F6NO2S. The Kier molecular flexibility index (Phi) is 6.18. The van der Waals surface area contributed by atoms with Gasteiger partial charge in [0.2, 0.25) is 15.8 Å². The van der Waals surface area contributed by atoms with Gasteiger partial charge in [0.25, 0.3) is 0 Å². The predicted molar refractivity (Wildman–Crippen MR) is 95.5 cm³/mol. The molecule has 3 rings (SSSR count). The van der Waals surface area contributed by atoms with E-state index in [2.05, 4.69) is 0 Å². The third kappa shape index (κ3) is 4.19. The summed E-state index contributed by atoms with van der Waals surface area (Å²) in [6, 6.07) is 12.4. The van der Waals surface area contributed by atoms with Crippen LogP contribution >= 0.6 is 0 Å². The van der Waals surface area contributed by atoms with Crippen LogP contribution in [0.3, 0.4) is 0 Å². The quantitative estimate of drug-likeness (QED) is 0.307. The van der Waals surface area contributed by atoms with Crippen LogP contribution < -0.4 is 0 Å². The minimum absolute atomic E-state index is 0.236. The van der Waals surface area contributed by atoms with Gasteiger partial charge in [0.1, 0.15) is 5.82 Å². The number of benzene rings is 3. The molecule has 0 aliphatic heterocycles. The van der Waals surface area contributed by atoms with E-state index < -0.39 is 62.9 Å². The third-order valence-corrected chi connectivity index (χ3v) is 6.05. The Bertz CT molecular complexity index is 1140. The molecular weight excluding hydrogens is 432 g/mol. The minimum Gasteiger partial charge on any atom is -0.207 e. The molecule has 0 heterocycles. The second-order valence-electron chi connectivity index (χ2n) is 6.28. The molecule has 0 fully saturated rings. The highest BCUT2D eigenvalue weighted by atomic mass is 32.2. The van der Waals surface area contributed by atoms with Gasteiger partial charge in [-0.25, -0.2) is 34.8 Å². The summed E-state index contributed by atoms with van der Waals surface area (Å²) in [5.74, 6) is -12.7. The first-order valence-electron chi connectivity index (χ1n) is 8.43. The fourth-order valence-corrected chi connectivity index (χ4v) is 4.28. The zero-order valence-electron chi connectivity index (χ0n) is 15.1. The first-order chi connectivity index (χ1) is 14.1. The van der Waals surface area contributed by atoms with Crippen molar-refractivity contribution in [2.24, 2.45) is 0 Å². The maximum Gasteiger partial charge on any atom is 0.249 e. The molecule has 0 aromatic heterocycles. The van der Waals surface area contributed by atoms with E-state index >= 15 is 0 Å². The van der Waals surface area contributed by atoms with Gasteiger partial charge >= 0.3 is 0 Å². The molecule has 0 radical (unpaired) electrons. The molecule has 3 aromatic carbocycles. The van der Waals surface area contributed by atoms with E-state index in [1.54, 1.807) is 18.2 Å². The molecule has 0 saturated heterocycles. The number of nitrogens with zero attached hydrogens (tertiary/aromatic N) is 1. The van der Waals surface area contributed by atoms with Gasteiger partial charge in [0, 0.05) is 13.1 Å². The van der Waals surface area contributed by atoms with Gasteiger partial charge in [-0.1, -0.05) is 42.5 Å². The average molecular weight is 445 g/mol. The van der Waals surface area contributed by atoms with Crippen molar-refractivity contribution in [1.29, 1.82) is 0 Å². The Labute approximate surface area is 168 Å². The van der Waals surface area contributed by atoms with Gasteiger partial charge in [-0.15, -0.1) is 0 Å². The van der Waals surface area contributed by atoms with Crippen molar-refractivity contribution in [2.45, 2.75) is 18.0 Å². The van der Waals surface area contributed by atoms with E-state index in [4.69, 9.17) is 0 Å². The van der Waals surface area contributed by atoms with Gasteiger partial charge in [-0.05, 0) is 23.3 Å². The molecule has 0 atom stereocenters. The van der Waals surface area contributed by atoms with Crippen molar-refractivity contribution in [3.05, 3.63) is 101 Å². The second kappa shape index (κ2) is 8.49. The van der Waals surface area contributed by atoms with Crippen molar-refractivity contribution in [2.75, 3.05) is 0 Å². The largest absolute Gasteiger partial charge is 0.249 e. The number of hydrogen-bond acceptors (Lipinski definition) is 2. The van der Waals surface area contributed by atoms with Crippen molar-refractivity contribution in [3.63, 3.8) is 0 Å². The number of hydrogen-bond donors (Lipinski definition) is 0. The first kappa shape index (κ1) is 21.8. The number of sulfonamides is 1. The number of halogens is 6. The molecule has 0 N–H and O–H groups in total. The lowest BCUT2D eigenvalue weighted by molar-refractivity contribution is 0.346. The molecule has 0 spiro atoms. The summed E-state index contributed by atoms with van der Waals surface area (Å²) in [7, 11) is -5.19. The smallest absolute Gasteiger partial charge is 0.207 e. The zero-order valence-corrected chi connectivity index (χ0v) is 15.9. The van der Waals surface area contributed by atoms with Crippen LogP contribution in [0, 0.1) is 34.9 Å². The molecule has 0 bridgehead atoms. The lowest BCUT2D eigenvalue weighted by Crippen LogP contribution is -2.32. The van der Waals surface area contributed by atoms with E-state index in [1.807, 2.05) is 0 Å². The monoisotopic (exact) mass is 445 g/mol. The first-order valence-corrected chi connectivity index (χ1v) is 9.87. The average Bonchev–Trinajstić information content (AvgIpc) is 2.72. The standard InChI is InChI=1S/C20H13F6NO2S/c21-14-8-6-13(7-9-14)11-27(10-12-4-2-1-3-5-12)30(28,29)20-18(25)16(23)15(22)17(24)19(20)26/h1-9H,10-11H2. The van der Waals surface area contributed by atoms with E-state index in [9.17, 15) is 34.8 Å². The third-order valence-electron chi connectivity index (χ3n) is 4.24. The SMILES string of the molecule is O=S(=O)(c1c(F)c(F)c(F)c(F)c1F)N(Cc1ccccc1)Cc1ccc(F)cc1. The van der Waals surface area contributed by atoms with Gasteiger partial charge in [0.15, 0.2) is 28.2 Å². The predicted octanol–water partition coefficient (Wildman–Crippen LogP) is 4.91. The van der Waals surface area contributed by atoms with E-state index in [0.717, 1.165) is 12.1 Å². The van der Waals surface area contributed by atoms with Crippen molar-refractivity contribution in [3.8, 4) is 0 Å². The lowest BCUT2D eigenvalue weighted by Gasteiger charge is -2.23. The maximum absolute atomic E-state index is 14.2. The molecule has 0 aliphatic rings. The second-order valence-corrected chi connectivity index (χ2v) is 8.16. The molecule has 0 unspecified atom stereocenters. The topological polar surface area (TPSA) is 37.4 Å². The van der Waals surface area contributed by atoms with E-state index in [-0.39, 0.29) is 5.56 Å². The van der Waals surface area contributed by atoms with Gasteiger partial charge in [-0.3, -0.25) is 0 Å². The van der Waals surface area contributed by atoms with Crippen molar-refractivity contribution in [1.82, 2.24) is 4.31 Å². The fraction of sp³-hybridized carbons (Fsp3) is 0.100.